The van der Waals surface area contributed by atoms with Gasteiger partial charge in [0, 0.05) is 11.4 Å². The third-order valence-corrected chi connectivity index (χ3v) is 2.84. The van der Waals surface area contributed by atoms with Crippen LogP contribution in [-0.2, 0) is 0 Å². The van der Waals surface area contributed by atoms with E-state index in [2.05, 4.69) is 5.32 Å². The number of hydrogen-bond acceptors (Lipinski definition) is 3. The molecule has 2 aromatic rings. The first-order chi connectivity index (χ1) is 9.18. The molecule has 0 aliphatic heterocycles. The van der Waals surface area contributed by atoms with Crippen molar-refractivity contribution >= 4 is 28.7 Å². The second-order valence-electron chi connectivity index (χ2n) is 3.92. The smallest absolute Gasteiger partial charge is 0.187 e. The van der Waals surface area contributed by atoms with Crippen LogP contribution in [0.25, 0.3) is 0 Å². The van der Waals surface area contributed by atoms with Gasteiger partial charge >= 0.3 is 0 Å². The molecule has 0 spiro atoms. The van der Waals surface area contributed by atoms with Gasteiger partial charge in [0.15, 0.2) is 11.5 Å². The van der Waals surface area contributed by atoms with E-state index < -0.39 is 6.35 Å². The summed E-state index contributed by atoms with van der Waals surface area (Å²) < 4.78 is 0. The number of rotatable bonds is 3. The highest BCUT2D eigenvalue weighted by atomic mass is 32.1. The van der Waals surface area contributed by atoms with E-state index in [1.54, 1.807) is 0 Å². The van der Waals surface area contributed by atoms with E-state index in [0.29, 0.717) is 5.11 Å². The molecule has 0 aromatic heterocycles. The molecule has 2 rings (SSSR count). The van der Waals surface area contributed by atoms with Crippen molar-refractivity contribution in [2.24, 2.45) is 5.73 Å². The Hall–Kier alpha value is -1.95. The predicted molar refractivity (Wildman–Crippen MR) is 81.8 cm³/mol. The van der Waals surface area contributed by atoms with Crippen molar-refractivity contribution in [3.8, 4) is 0 Å². The minimum absolute atomic E-state index is 0.340. The number of thiocarbonyl (C=S) groups is 1. The van der Waals surface area contributed by atoms with E-state index >= 15 is 0 Å². The molecular weight excluding hydrogens is 258 g/mol. The van der Waals surface area contributed by atoms with Gasteiger partial charge in [0.2, 0.25) is 0 Å². The summed E-state index contributed by atoms with van der Waals surface area (Å²) in [6.45, 7) is 0. The third kappa shape index (κ3) is 3.51. The number of hydrogen-bond donors (Lipinski definition) is 3. The Morgan fingerprint density at radius 2 is 1.58 bits per heavy atom. The van der Waals surface area contributed by atoms with Crippen LogP contribution in [-0.4, -0.2) is 16.6 Å². The number of aliphatic hydroxyl groups excluding tert-OH is 1. The molecule has 0 aliphatic rings. The third-order valence-electron chi connectivity index (χ3n) is 2.54. The fraction of sp³-hybridized carbons (Fsp3) is 0.0714. The largest absolute Gasteiger partial charge is 0.361 e. The Balaban J connectivity index is 2.19. The van der Waals surface area contributed by atoms with Crippen molar-refractivity contribution in [1.82, 2.24) is 0 Å². The van der Waals surface area contributed by atoms with Gasteiger partial charge in [-0.05, 0) is 36.5 Å². The molecular formula is C14H15N3OS. The lowest BCUT2D eigenvalue weighted by molar-refractivity contribution is 0.192. The number of nitrogens with two attached hydrogens (primary N) is 1. The molecule has 5 heteroatoms. The summed E-state index contributed by atoms with van der Waals surface area (Å²) in [4.78, 5) is 1.45. The number of nitrogens with one attached hydrogen (secondary N) is 1. The summed E-state index contributed by atoms with van der Waals surface area (Å²) in [5.41, 5.74) is 7.15. The van der Waals surface area contributed by atoms with Crippen LogP contribution in [0.5, 0.6) is 0 Å². The first-order valence-electron chi connectivity index (χ1n) is 5.82. The van der Waals surface area contributed by atoms with Gasteiger partial charge in [0.05, 0.1) is 0 Å². The lowest BCUT2D eigenvalue weighted by atomic mass is 10.3. The van der Waals surface area contributed by atoms with Crippen molar-refractivity contribution < 1.29 is 5.11 Å². The molecule has 98 valence electrons. The molecule has 0 saturated carbocycles. The Kier molecular flexibility index (Phi) is 4.46. The zero-order valence-corrected chi connectivity index (χ0v) is 11.0. The molecule has 0 heterocycles. The van der Waals surface area contributed by atoms with Crippen LogP contribution >= 0.6 is 12.2 Å². The highest BCUT2D eigenvalue weighted by Gasteiger charge is 2.17. The summed E-state index contributed by atoms with van der Waals surface area (Å²) in [6, 6.07) is 18.7. The van der Waals surface area contributed by atoms with Gasteiger partial charge in [0.25, 0.3) is 0 Å². The molecule has 0 saturated heterocycles. The van der Waals surface area contributed by atoms with E-state index in [1.807, 2.05) is 60.7 Å². The van der Waals surface area contributed by atoms with E-state index in [4.69, 9.17) is 18.0 Å². The topological polar surface area (TPSA) is 61.5 Å². The zero-order valence-electron chi connectivity index (χ0n) is 10.2. The molecule has 1 unspecified atom stereocenters. The Bertz CT molecular complexity index is 531. The van der Waals surface area contributed by atoms with Crippen LogP contribution in [0.3, 0.4) is 0 Å². The summed E-state index contributed by atoms with van der Waals surface area (Å²) in [5, 5.41) is 13.1. The quantitative estimate of drug-likeness (QED) is 0.590. The molecule has 0 amide bonds. The number of anilines is 2. The average molecular weight is 273 g/mol. The second-order valence-corrected chi connectivity index (χ2v) is 4.30. The highest BCUT2D eigenvalue weighted by molar-refractivity contribution is 7.80. The van der Waals surface area contributed by atoms with E-state index in [1.165, 1.54) is 4.90 Å². The summed E-state index contributed by atoms with van der Waals surface area (Å²) >= 11 is 5.29. The molecule has 1 atom stereocenters. The van der Waals surface area contributed by atoms with Gasteiger partial charge in [-0.15, -0.1) is 0 Å². The monoisotopic (exact) mass is 273 g/mol. The predicted octanol–water partition coefficient (Wildman–Crippen LogP) is 2.12. The minimum atomic E-state index is -1.20. The van der Waals surface area contributed by atoms with Crippen molar-refractivity contribution in [3.63, 3.8) is 0 Å². The van der Waals surface area contributed by atoms with Crippen molar-refractivity contribution in [2.45, 2.75) is 6.35 Å². The van der Waals surface area contributed by atoms with Crippen LogP contribution in [0.2, 0.25) is 0 Å². The van der Waals surface area contributed by atoms with E-state index in [0.717, 1.165) is 11.4 Å². The van der Waals surface area contributed by atoms with Gasteiger partial charge < -0.3 is 10.4 Å². The lowest BCUT2D eigenvalue weighted by Gasteiger charge is -2.28. The van der Waals surface area contributed by atoms with Crippen LogP contribution < -0.4 is 16.0 Å². The van der Waals surface area contributed by atoms with Gasteiger partial charge in [-0.2, -0.15) is 0 Å². The summed E-state index contributed by atoms with van der Waals surface area (Å²) in [7, 11) is 0. The van der Waals surface area contributed by atoms with Gasteiger partial charge in [-0.1, -0.05) is 36.4 Å². The highest BCUT2D eigenvalue weighted by Crippen LogP contribution is 2.16. The van der Waals surface area contributed by atoms with Crippen LogP contribution in [0, 0.1) is 0 Å². The molecule has 0 aliphatic carbocycles. The SMILES string of the molecule is NC(O)N(C(=S)Nc1ccccc1)c1ccccc1. The molecule has 2 aromatic carbocycles. The first-order valence-corrected chi connectivity index (χ1v) is 6.23. The number of aliphatic hydroxyl groups is 1. The molecule has 4 N–H and O–H groups in total. The van der Waals surface area contributed by atoms with Crippen LogP contribution in [0.1, 0.15) is 0 Å². The fourth-order valence-electron chi connectivity index (χ4n) is 1.68. The molecule has 19 heavy (non-hydrogen) atoms. The van der Waals surface area contributed by atoms with Crippen LogP contribution in [0.15, 0.2) is 60.7 Å². The second kappa shape index (κ2) is 6.29. The number of benzene rings is 2. The Morgan fingerprint density at radius 1 is 1.05 bits per heavy atom. The standard InChI is InChI=1S/C14H15N3OS/c15-13(18)17(12-9-5-2-6-10-12)14(19)16-11-7-3-1-4-8-11/h1-10,13,18H,15H2,(H,16,19). The maximum absolute atomic E-state index is 9.69. The average Bonchev–Trinajstić information content (AvgIpc) is 2.40. The molecule has 4 nitrogen and oxygen atoms in total. The van der Waals surface area contributed by atoms with Crippen molar-refractivity contribution in [2.75, 3.05) is 10.2 Å². The van der Waals surface area contributed by atoms with Gasteiger partial charge in [-0.3, -0.25) is 10.6 Å². The number of para-hydroxylation sites is 2. The van der Waals surface area contributed by atoms with Gasteiger partial charge in [-0.25, -0.2) is 0 Å². The normalized spacial score (nSPS) is 11.7. The summed E-state index contributed by atoms with van der Waals surface area (Å²) in [6.07, 6.45) is -1.20. The van der Waals surface area contributed by atoms with Crippen molar-refractivity contribution in [3.05, 3.63) is 60.7 Å². The maximum Gasteiger partial charge on any atom is 0.187 e. The van der Waals surface area contributed by atoms with Gasteiger partial charge in [0.1, 0.15) is 0 Å². The Morgan fingerprint density at radius 3 is 2.11 bits per heavy atom. The first kappa shape index (κ1) is 13.5. The van der Waals surface area contributed by atoms with Crippen LogP contribution in [0.4, 0.5) is 11.4 Å². The fourth-order valence-corrected chi connectivity index (χ4v) is 2.02. The maximum atomic E-state index is 9.69. The Labute approximate surface area is 117 Å². The number of nitrogens with zero attached hydrogens (tertiary/aromatic N) is 1. The minimum Gasteiger partial charge on any atom is -0.361 e. The molecule has 0 radical (unpaired) electrons. The van der Waals surface area contributed by atoms with Crippen molar-refractivity contribution in [1.29, 1.82) is 0 Å². The molecule has 0 fully saturated rings. The van der Waals surface area contributed by atoms with E-state index in [-0.39, 0.29) is 0 Å². The summed E-state index contributed by atoms with van der Waals surface area (Å²) in [5.74, 6) is 0. The lowest BCUT2D eigenvalue weighted by Crippen LogP contribution is -2.48. The zero-order chi connectivity index (χ0) is 13.7. The van der Waals surface area contributed by atoms with E-state index in [9.17, 15) is 5.11 Å². The molecule has 0 bridgehead atoms.